The first-order valence-corrected chi connectivity index (χ1v) is 9.16. The minimum absolute atomic E-state index is 0.153. The van der Waals surface area contributed by atoms with Crippen LogP contribution in [-0.4, -0.2) is 31.1 Å². The van der Waals surface area contributed by atoms with Gasteiger partial charge in [-0.2, -0.15) is 0 Å². The molecule has 1 aromatic carbocycles. The molecule has 0 radical (unpaired) electrons. The normalized spacial score (nSPS) is 11.5. The molecule has 0 saturated heterocycles. The second kappa shape index (κ2) is 10.0. The van der Waals surface area contributed by atoms with E-state index >= 15 is 0 Å². The topological polar surface area (TPSA) is 49.3 Å². The number of hydrogen-bond donors (Lipinski definition) is 2. The van der Waals surface area contributed by atoms with Gasteiger partial charge in [-0.3, -0.25) is 4.99 Å². The summed E-state index contributed by atoms with van der Waals surface area (Å²) in [5.41, 5.74) is 1.83. The molecule has 0 unspecified atom stereocenters. The van der Waals surface area contributed by atoms with Crippen LogP contribution in [0.2, 0.25) is 0 Å². The Labute approximate surface area is 147 Å². The Morgan fingerprint density at radius 3 is 2.67 bits per heavy atom. The van der Waals surface area contributed by atoms with Crippen LogP contribution in [0.1, 0.15) is 29.1 Å². The molecular formula is C18H25FN4S. The lowest BCUT2D eigenvalue weighted by molar-refractivity contribution is 0.606. The second-order valence-corrected chi connectivity index (χ2v) is 6.55. The minimum Gasteiger partial charge on any atom is -0.356 e. The third kappa shape index (κ3) is 6.28. The number of nitrogens with zero attached hydrogens (tertiary/aromatic N) is 2. The molecule has 0 aliphatic carbocycles. The number of aryl methyl sites for hydroxylation is 2. The van der Waals surface area contributed by atoms with Gasteiger partial charge in [0, 0.05) is 31.2 Å². The van der Waals surface area contributed by atoms with Crippen molar-refractivity contribution in [2.75, 3.05) is 20.1 Å². The number of hydrogen-bond acceptors (Lipinski definition) is 3. The fourth-order valence-corrected chi connectivity index (χ4v) is 3.18. The van der Waals surface area contributed by atoms with Crippen LogP contribution in [0.15, 0.2) is 34.6 Å². The Bertz CT molecular complexity index is 654. The maximum Gasteiger partial charge on any atom is 0.190 e. The van der Waals surface area contributed by atoms with Crippen molar-refractivity contribution in [1.82, 2.24) is 15.6 Å². The summed E-state index contributed by atoms with van der Waals surface area (Å²) in [5.74, 6) is 0.608. The minimum atomic E-state index is -0.153. The largest absolute Gasteiger partial charge is 0.356 e. The van der Waals surface area contributed by atoms with Crippen LogP contribution in [0, 0.1) is 12.7 Å². The van der Waals surface area contributed by atoms with E-state index < -0.39 is 0 Å². The highest BCUT2D eigenvalue weighted by Gasteiger charge is 2.02. The summed E-state index contributed by atoms with van der Waals surface area (Å²) in [5, 5.41) is 9.81. The van der Waals surface area contributed by atoms with Gasteiger partial charge in [-0.1, -0.05) is 18.2 Å². The van der Waals surface area contributed by atoms with Crippen LogP contribution in [0.25, 0.3) is 0 Å². The number of rotatable bonds is 8. The van der Waals surface area contributed by atoms with Gasteiger partial charge in [0.25, 0.3) is 0 Å². The zero-order chi connectivity index (χ0) is 17.2. The van der Waals surface area contributed by atoms with E-state index in [9.17, 15) is 4.39 Å². The zero-order valence-electron chi connectivity index (χ0n) is 14.3. The quantitative estimate of drug-likeness (QED) is 0.437. The first-order chi connectivity index (χ1) is 11.7. The fourth-order valence-electron chi connectivity index (χ4n) is 2.36. The molecule has 1 heterocycles. The van der Waals surface area contributed by atoms with Gasteiger partial charge in [0.05, 0.1) is 5.01 Å². The Kier molecular flexibility index (Phi) is 7.68. The summed E-state index contributed by atoms with van der Waals surface area (Å²) in [6.45, 7) is 3.54. The van der Waals surface area contributed by atoms with Gasteiger partial charge >= 0.3 is 0 Å². The van der Waals surface area contributed by atoms with E-state index in [0.29, 0.717) is 13.0 Å². The van der Waals surface area contributed by atoms with Crippen molar-refractivity contribution < 1.29 is 4.39 Å². The molecule has 0 aliphatic rings. The Morgan fingerprint density at radius 2 is 1.96 bits per heavy atom. The molecule has 0 aliphatic heterocycles. The Balaban J connectivity index is 1.59. The van der Waals surface area contributed by atoms with Gasteiger partial charge in [0.1, 0.15) is 5.82 Å². The van der Waals surface area contributed by atoms with Crippen molar-refractivity contribution in [2.24, 2.45) is 4.99 Å². The van der Waals surface area contributed by atoms with E-state index in [0.717, 1.165) is 43.0 Å². The Hall–Kier alpha value is -1.95. The molecule has 0 saturated carbocycles. The summed E-state index contributed by atoms with van der Waals surface area (Å²) in [7, 11) is 1.75. The van der Waals surface area contributed by atoms with Crippen molar-refractivity contribution >= 4 is 17.3 Å². The predicted molar refractivity (Wildman–Crippen MR) is 99.3 cm³/mol. The molecular weight excluding hydrogens is 323 g/mol. The standard InChI is InChI=1S/C18H25FN4S/c1-14-13-24-17(23-14)9-5-6-11-21-18(20-2)22-12-10-15-7-3-4-8-16(15)19/h3-4,7-8,13H,5-6,9-12H2,1-2H3,(H2,20,21,22). The molecule has 0 atom stereocenters. The average Bonchev–Trinajstić information content (AvgIpc) is 3.00. The van der Waals surface area contributed by atoms with Crippen LogP contribution in [-0.2, 0) is 12.8 Å². The van der Waals surface area contributed by atoms with Gasteiger partial charge in [-0.15, -0.1) is 11.3 Å². The molecule has 24 heavy (non-hydrogen) atoms. The monoisotopic (exact) mass is 348 g/mol. The Morgan fingerprint density at radius 1 is 1.17 bits per heavy atom. The molecule has 0 spiro atoms. The number of benzene rings is 1. The van der Waals surface area contributed by atoms with Gasteiger partial charge in [0.15, 0.2) is 5.96 Å². The lowest BCUT2D eigenvalue weighted by Gasteiger charge is -2.12. The zero-order valence-corrected chi connectivity index (χ0v) is 15.1. The van der Waals surface area contributed by atoms with Crippen LogP contribution < -0.4 is 10.6 Å². The van der Waals surface area contributed by atoms with E-state index in [1.165, 1.54) is 11.1 Å². The molecule has 2 rings (SSSR count). The van der Waals surface area contributed by atoms with Crippen LogP contribution >= 0.6 is 11.3 Å². The number of aliphatic imine (C=N–C) groups is 1. The van der Waals surface area contributed by atoms with Crippen molar-refractivity contribution in [3.8, 4) is 0 Å². The smallest absolute Gasteiger partial charge is 0.190 e. The lowest BCUT2D eigenvalue weighted by atomic mass is 10.1. The van der Waals surface area contributed by atoms with E-state index in [2.05, 4.69) is 26.0 Å². The maximum absolute atomic E-state index is 13.5. The van der Waals surface area contributed by atoms with Gasteiger partial charge in [0.2, 0.25) is 0 Å². The molecule has 2 N–H and O–H groups in total. The number of thiazole rings is 1. The molecule has 0 bridgehead atoms. The second-order valence-electron chi connectivity index (χ2n) is 5.61. The van der Waals surface area contributed by atoms with E-state index in [1.54, 1.807) is 24.5 Å². The lowest BCUT2D eigenvalue weighted by Crippen LogP contribution is -2.38. The van der Waals surface area contributed by atoms with E-state index in [-0.39, 0.29) is 5.82 Å². The number of guanidine groups is 1. The molecule has 0 fully saturated rings. The van der Waals surface area contributed by atoms with Crippen LogP contribution in [0.4, 0.5) is 4.39 Å². The van der Waals surface area contributed by atoms with Crippen molar-refractivity contribution in [2.45, 2.75) is 32.6 Å². The van der Waals surface area contributed by atoms with E-state index in [4.69, 9.17) is 0 Å². The fraction of sp³-hybridized carbons (Fsp3) is 0.444. The third-order valence-electron chi connectivity index (χ3n) is 3.64. The summed E-state index contributed by atoms with van der Waals surface area (Å²) < 4.78 is 13.5. The van der Waals surface area contributed by atoms with E-state index in [1.807, 2.05) is 19.1 Å². The average molecular weight is 348 g/mol. The first kappa shape index (κ1) is 18.4. The highest BCUT2D eigenvalue weighted by Crippen LogP contribution is 2.11. The van der Waals surface area contributed by atoms with Crippen LogP contribution in [0.3, 0.4) is 0 Å². The van der Waals surface area contributed by atoms with Gasteiger partial charge < -0.3 is 10.6 Å². The number of aromatic nitrogens is 1. The highest BCUT2D eigenvalue weighted by molar-refractivity contribution is 7.09. The number of unbranched alkanes of at least 4 members (excludes halogenated alkanes) is 1. The summed E-state index contributed by atoms with van der Waals surface area (Å²) >= 11 is 1.73. The SMILES string of the molecule is CN=C(NCCCCc1nc(C)cs1)NCCc1ccccc1F. The molecule has 6 heteroatoms. The van der Waals surface area contributed by atoms with Crippen molar-refractivity contribution in [3.05, 3.63) is 51.7 Å². The molecule has 1 aromatic heterocycles. The van der Waals surface area contributed by atoms with Crippen molar-refractivity contribution in [3.63, 3.8) is 0 Å². The molecule has 2 aromatic rings. The predicted octanol–water partition coefficient (Wildman–Crippen LogP) is 3.32. The number of nitrogens with one attached hydrogen (secondary N) is 2. The molecule has 130 valence electrons. The summed E-state index contributed by atoms with van der Waals surface area (Å²) in [6, 6.07) is 6.87. The van der Waals surface area contributed by atoms with Crippen LogP contribution in [0.5, 0.6) is 0 Å². The van der Waals surface area contributed by atoms with Crippen molar-refractivity contribution in [1.29, 1.82) is 0 Å². The summed E-state index contributed by atoms with van der Waals surface area (Å²) in [4.78, 5) is 8.66. The molecule has 4 nitrogen and oxygen atoms in total. The van der Waals surface area contributed by atoms with Gasteiger partial charge in [-0.05, 0) is 44.2 Å². The highest BCUT2D eigenvalue weighted by atomic mass is 32.1. The first-order valence-electron chi connectivity index (χ1n) is 8.28. The third-order valence-corrected chi connectivity index (χ3v) is 4.67. The maximum atomic E-state index is 13.5. The summed E-state index contributed by atoms with van der Waals surface area (Å²) in [6.07, 6.45) is 3.83. The number of halogens is 1. The molecule has 0 amide bonds. The van der Waals surface area contributed by atoms with Gasteiger partial charge in [-0.25, -0.2) is 9.37 Å².